The highest BCUT2D eigenvalue weighted by atomic mass is 32.2. The molecule has 1 unspecified atom stereocenters. The largest absolute Gasteiger partial charge is 0.493 e. The number of benzene rings is 3. The molecule has 1 fully saturated rings. The van der Waals surface area contributed by atoms with Gasteiger partial charge in [-0.1, -0.05) is 61.9 Å². The number of unbranched alkanes of at least 4 members (excludes halogenated alkanes) is 1. The van der Waals surface area contributed by atoms with Crippen LogP contribution in [0.3, 0.4) is 0 Å². The second kappa shape index (κ2) is 14.3. The molecule has 1 atom stereocenters. The van der Waals surface area contributed by atoms with Gasteiger partial charge in [-0.3, -0.25) is 4.55 Å². The molecule has 5 nitrogen and oxygen atoms in total. The normalized spacial score (nSPS) is 15.9. The minimum absolute atomic E-state index is 0.591. The summed E-state index contributed by atoms with van der Waals surface area (Å²) >= 11 is 2.11. The molecular formula is C30H33F6NO4S2. The number of fused-ring (bicyclic) bond motifs is 2. The van der Waals surface area contributed by atoms with E-state index in [-0.39, 0.29) is 0 Å². The molecule has 43 heavy (non-hydrogen) atoms. The molecule has 1 saturated heterocycles. The first-order valence-corrected chi connectivity index (χ1v) is 16.0. The molecule has 1 aliphatic rings. The average molecular weight is 650 g/mol. The van der Waals surface area contributed by atoms with Crippen molar-refractivity contribution in [3.63, 3.8) is 0 Å². The third-order valence-corrected chi connectivity index (χ3v) is 8.97. The van der Waals surface area contributed by atoms with Crippen LogP contribution in [0.1, 0.15) is 50.3 Å². The third kappa shape index (κ3) is 8.18. The average Bonchev–Trinajstić information content (AvgIpc) is 3.65. The Hall–Kier alpha value is -2.90. The highest BCUT2D eigenvalue weighted by Gasteiger charge is 2.75. The summed E-state index contributed by atoms with van der Waals surface area (Å²) in [5, 5.41) is -1.51. The van der Waals surface area contributed by atoms with E-state index in [0.29, 0.717) is 0 Å². The van der Waals surface area contributed by atoms with Gasteiger partial charge in [0.15, 0.2) is 0 Å². The second-order valence-electron chi connectivity index (χ2n) is 9.92. The zero-order chi connectivity index (χ0) is 31.9. The lowest BCUT2D eigenvalue weighted by Crippen LogP contribution is -2.56. The molecule has 0 radical (unpaired) electrons. The molecule has 0 aliphatic carbocycles. The number of hydrogen-bond donors (Lipinski definition) is 2. The van der Waals surface area contributed by atoms with Crippen molar-refractivity contribution in [3.05, 3.63) is 78.5 Å². The van der Waals surface area contributed by atoms with Crippen LogP contribution in [-0.2, 0) is 10.1 Å². The first-order valence-electron chi connectivity index (χ1n) is 13.5. The number of alkyl halides is 6. The van der Waals surface area contributed by atoms with Crippen LogP contribution in [0, 0.1) is 0 Å². The smallest absolute Gasteiger partial charge is 0.437 e. The maximum absolute atomic E-state index is 12.2. The van der Waals surface area contributed by atoms with Crippen molar-refractivity contribution in [2.75, 3.05) is 12.4 Å². The van der Waals surface area contributed by atoms with Gasteiger partial charge in [-0.05, 0) is 59.6 Å². The lowest BCUT2D eigenvalue weighted by Gasteiger charge is -2.28. The summed E-state index contributed by atoms with van der Waals surface area (Å²) in [6, 6.07) is 23.6. The van der Waals surface area contributed by atoms with E-state index in [9.17, 15) is 34.8 Å². The summed E-state index contributed by atoms with van der Waals surface area (Å²) in [5.41, 5.74) is 2.68. The van der Waals surface area contributed by atoms with Gasteiger partial charge >= 0.3 is 27.2 Å². The Balaban J connectivity index is 0.000000177. The van der Waals surface area contributed by atoms with Gasteiger partial charge < -0.3 is 9.72 Å². The zero-order valence-corrected chi connectivity index (χ0v) is 25.1. The van der Waals surface area contributed by atoms with Gasteiger partial charge in [-0.25, -0.2) is 0 Å². The van der Waals surface area contributed by atoms with E-state index in [1.165, 1.54) is 46.7 Å². The van der Waals surface area contributed by atoms with E-state index < -0.39 is 34.1 Å². The highest BCUT2D eigenvalue weighted by Crippen LogP contribution is 2.47. The van der Waals surface area contributed by atoms with Gasteiger partial charge in [0.05, 0.1) is 6.61 Å². The van der Waals surface area contributed by atoms with Crippen molar-refractivity contribution in [2.45, 2.75) is 61.9 Å². The van der Waals surface area contributed by atoms with Crippen molar-refractivity contribution in [1.29, 1.82) is 0 Å². The van der Waals surface area contributed by atoms with Crippen LogP contribution in [-0.4, -0.2) is 47.4 Å². The summed E-state index contributed by atoms with van der Waals surface area (Å²) in [5.74, 6) is -9.16. The third-order valence-electron chi connectivity index (χ3n) is 6.65. The van der Waals surface area contributed by atoms with E-state index in [2.05, 4.69) is 78.3 Å². The van der Waals surface area contributed by atoms with Crippen LogP contribution in [0.25, 0.3) is 21.7 Å². The molecule has 0 spiro atoms. The Morgan fingerprint density at radius 3 is 2.23 bits per heavy atom. The topological polar surface area (TPSA) is 79.4 Å². The number of ether oxygens (including phenoxy) is 1. The molecule has 0 amide bonds. The van der Waals surface area contributed by atoms with Gasteiger partial charge in [0.1, 0.15) is 5.75 Å². The Bertz CT molecular complexity index is 1580. The Morgan fingerprint density at radius 1 is 0.953 bits per heavy atom. The van der Waals surface area contributed by atoms with Gasteiger partial charge in [0.2, 0.25) is 0 Å². The SMILES string of the molecule is CC(F)(F)C(F)(F)C(F)(F)S(=O)(=O)O.CCCCOc1cccc2[nH]ccc12.c1ccc2c(C3CCCS3)cccc2c1. The van der Waals surface area contributed by atoms with E-state index in [1.54, 1.807) is 0 Å². The summed E-state index contributed by atoms with van der Waals surface area (Å²) in [7, 11) is -6.61. The van der Waals surface area contributed by atoms with Gasteiger partial charge in [-0.15, -0.1) is 0 Å². The van der Waals surface area contributed by atoms with Crippen LogP contribution in [0.15, 0.2) is 72.9 Å². The van der Waals surface area contributed by atoms with Crippen molar-refractivity contribution in [3.8, 4) is 5.75 Å². The number of thioether (sulfide) groups is 1. The molecule has 5 rings (SSSR count). The standard InChI is InChI=1S/C14H14S.C12H15NO.C4H4F6O3S/c1-2-7-12-11(5-1)6-3-8-13(12)14-9-4-10-15-14;1-2-3-9-14-12-6-4-5-11-10(12)7-8-13-11;1-2(5,6)3(7,8)4(9,10)14(11,12)13/h1-3,5-8,14H,4,9-10H2;4-8,13H,2-3,9H2,1H3;1H3,(H,11,12,13). The molecule has 1 aliphatic heterocycles. The number of H-pyrrole nitrogens is 1. The van der Waals surface area contributed by atoms with E-state index in [4.69, 9.17) is 9.29 Å². The minimum Gasteiger partial charge on any atom is -0.493 e. The number of aromatic amines is 1. The molecule has 0 saturated carbocycles. The first kappa shape index (κ1) is 34.6. The maximum atomic E-state index is 12.2. The summed E-state index contributed by atoms with van der Waals surface area (Å²) in [4.78, 5) is 3.17. The molecule has 2 heterocycles. The number of hydrogen-bond acceptors (Lipinski definition) is 4. The quantitative estimate of drug-likeness (QED) is 0.113. The molecule has 0 bridgehead atoms. The molecule has 1 aromatic heterocycles. The Morgan fingerprint density at radius 2 is 1.63 bits per heavy atom. The number of rotatable bonds is 8. The summed E-state index contributed by atoms with van der Waals surface area (Å²) in [6.45, 7) is 2.38. The molecular weight excluding hydrogens is 616 g/mol. The lowest BCUT2D eigenvalue weighted by molar-refractivity contribution is -0.273. The van der Waals surface area contributed by atoms with E-state index >= 15 is 0 Å². The fraction of sp³-hybridized carbons (Fsp3) is 0.400. The van der Waals surface area contributed by atoms with Crippen LogP contribution < -0.4 is 4.74 Å². The number of aromatic nitrogens is 1. The monoisotopic (exact) mass is 649 g/mol. The number of nitrogens with one attached hydrogen (secondary N) is 1. The first-order chi connectivity index (χ1) is 20.1. The summed E-state index contributed by atoms with van der Waals surface area (Å²) in [6.07, 6.45) is 6.94. The van der Waals surface area contributed by atoms with Crippen LogP contribution >= 0.6 is 11.8 Å². The molecule has 13 heteroatoms. The molecule has 4 aromatic rings. The van der Waals surface area contributed by atoms with Crippen LogP contribution in [0.4, 0.5) is 26.3 Å². The van der Waals surface area contributed by atoms with Crippen molar-refractivity contribution in [1.82, 2.24) is 4.98 Å². The Kier molecular flexibility index (Phi) is 11.5. The van der Waals surface area contributed by atoms with Gasteiger partial charge in [-0.2, -0.15) is 46.5 Å². The fourth-order valence-corrected chi connectivity index (χ4v) is 6.12. The Labute approximate surface area is 250 Å². The van der Waals surface area contributed by atoms with Gasteiger partial charge in [0.25, 0.3) is 0 Å². The highest BCUT2D eigenvalue weighted by molar-refractivity contribution is 7.99. The second-order valence-corrected chi connectivity index (χ2v) is 12.7. The maximum Gasteiger partial charge on any atom is 0.437 e. The zero-order valence-electron chi connectivity index (χ0n) is 23.5. The van der Waals surface area contributed by atoms with E-state index in [1.807, 2.05) is 18.3 Å². The predicted molar refractivity (Wildman–Crippen MR) is 159 cm³/mol. The van der Waals surface area contributed by atoms with E-state index in [0.717, 1.165) is 29.5 Å². The van der Waals surface area contributed by atoms with Crippen LogP contribution in [0.5, 0.6) is 5.75 Å². The minimum atomic E-state index is -6.61. The molecule has 236 valence electrons. The fourth-order valence-electron chi connectivity index (χ4n) is 4.28. The molecule has 2 N–H and O–H groups in total. The van der Waals surface area contributed by atoms with Crippen LogP contribution in [0.2, 0.25) is 0 Å². The predicted octanol–water partition coefficient (Wildman–Crippen LogP) is 9.51. The van der Waals surface area contributed by atoms with Gasteiger partial charge in [0, 0.05) is 29.3 Å². The molecule has 3 aromatic carbocycles. The summed E-state index contributed by atoms with van der Waals surface area (Å²) < 4.78 is 105. The number of halogens is 6. The lowest BCUT2D eigenvalue weighted by atomic mass is 10.0. The van der Waals surface area contributed by atoms with Crippen molar-refractivity contribution < 1.29 is 44.0 Å². The van der Waals surface area contributed by atoms with Crippen molar-refractivity contribution in [2.24, 2.45) is 0 Å². The van der Waals surface area contributed by atoms with Crippen molar-refractivity contribution >= 4 is 43.6 Å².